The average Bonchev–Trinajstić information content (AvgIpc) is 2.86. The summed E-state index contributed by atoms with van der Waals surface area (Å²) in [4.78, 5) is 0. The van der Waals surface area contributed by atoms with E-state index in [4.69, 9.17) is 0 Å². The summed E-state index contributed by atoms with van der Waals surface area (Å²) in [6.45, 7) is 2.04. The fraction of sp³-hybridized carbons (Fsp3) is 0.0333. The second-order valence-electron chi connectivity index (χ2n) is 8.04. The van der Waals surface area contributed by atoms with Gasteiger partial charge in [0.1, 0.15) is 7.20 Å². The number of hydrogen-bond acceptors (Lipinski definition) is 0. The van der Waals surface area contributed by atoms with Gasteiger partial charge in [-0.2, -0.15) is 0 Å². The predicted octanol–water partition coefficient (Wildman–Crippen LogP) is 7.88. The van der Waals surface area contributed by atoms with Gasteiger partial charge in [-0.05, 0) is 41.3 Å². The second kappa shape index (κ2) is 8.61. The molecule has 0 spiro atoms. The molecule has 0 amide bonds. The predicted molar refractivity (Wildman–Crippen MR) is 138 cm³/mol. The van der Waals surface area contributed by atoms with Crippen molar-refractivity contribution in [2.24, 2.45) is 0 Å². The molecular formula is C30H24FP. The molecule has 0 saturated heterocycles. The first-order chi connectivity index (χ1) is 15.7. The molecule has 0 fully saturated rings. The Morgan fingerprint density at radius 3 is 1.59 bits per heavy atom. The Morgan fingerprint density at radius 2 is 1.03 bits per heavy atom. The summed E-state index contributed by atoms with van der Waals surface area (Å²) in [5.41, 5.74) is 5.11. The Hall–Kier alpha value is -3.41. The van der Waals surface area contributed by atoms with Gasteiger partial charge in [-0.25, -0.2) is 4.20 Å². The van der Waals surface area contributed by atoms with Crippen LogP contribution in [0.25, 0.3) is 10.9 Å². The minimum atomic E-state index is -3.36. The van der Waals surface area contributed by atoms with Crippen molar-refractivity contribution in [3.05, 3.63) is 150 Å². The lowest BCUT2D eigenvalue weighted by Gasteiger charge is -2.29. The Labute approximate surface area is 189 Å². The smallest absolute Gasteiger partial charge is 0.119 e. The molecule has 0 bridgehead atoms. The molecule has 0 saturated carbocycles. The topological polar surface area (TPSA) is 0 Å². The highest BCUT2D eigenvalue weighted by molar-refractivity contribution is 7.88. The second-order valence-corrected chi connectivity index (χ2v) is 10.7. The van der Waals surface area contributed by atoms with Crippen molar-refractivity contribution in [1.82, 2.24) is 0 Å². The fourth-order valence-electron chi connectivity index (χ4n) is 4.21. The maximum atomic E-state index is 17.8. The molecule has 156 valence electrons. The molecule has 0 radical (unpaired) electrons. The van der Waals surface area contributed by atoms with Gasteiger partial charge in [-0.1, -0.05) is 121 Å². The maximum absolute atomic E-state index is 17.8. The van der Waals surface area contributed by atoms with Gasteiger partial charge in [0.05, 0.1) is 0 Å². The highest BCUT2D eigenvalue weighted by Crippen LogP contribution is 2.65. The van der Waals surface area contributed by atoms with Crippen LogP contribution in [0, 0.1) is 6.92 Å². The van der Waals surface area contributed by atoms with Gasteiger partial charge in [0, 0.05) is 15.9 Å². The van der Waals surface area contributed by atoms with E-state index in [1.54, 1.807) is 0 Å². The molecular weight excluding hydrogens is 410 g/mol. The molecule has 4 aromatic rings. The number of aryl methyl sites for hydroxylation is 1. The van der Waals surface area contributed by atoms with Gasteiger partial charge >= 0.3 is 0 Å². The summed E-state index contributed by atoms with van der Waals surface area (Å²) in [7, 11) is -3.36. The van der Waals surface area contributed by atoms with E-state index < -0.39 is 7.20 Å². The zero-order valence-electron chi connectivity index (χ0n) is 17.9. The number of benzene rings is 4. The van der Waals surface area contributed by atoms with Gasteiger partial charge in [-0.3, -0.25) is 0 Å². The minimum Gasteiger partial charge on any atom is -0.219 e. The molecule has 1 unspecified atom stereocenters. The van der Waals surface area contributed by atoms with Crippen molar-refractivity contribution in [1.29, 1.82) is 0 Å². The van der Waals surface area contributed by atoms with Crippen LogP contribution in [0.5, 0.6) is 0 Å². The molecule has 0 nitrogen and oxygen atoms in total. The zero-order valence-corrected chi connectivity index (χ0v) is 18.8. The van der Waals surface area contributed by atoms with Gasteiger partial charge < -0.3 is 0 Å². The van der Waals surface area contributed by atoms with Crippen LogP contribution >= 0.6 is 7.20 Å². The molecule has 1 aliphatic rings. The largest absolute Gasteiger partial charge is 0.219 e. The van der Waals surface area contributed by atoms with E-state index in [-0.39, 0.29) is 0 Å². The molecule has 4 aromatic carbocycles. The van der Waals surface area contributed by atoms with E-state index in [1.807, 2.05) is 110 Å². The Kier molecular flexibility index (Phi) is 5.52. The summed E-state index contributed by atoms with van der Waals surface area (Å²) in [6, 6.07) is 38.2. The molecule has 0 aliphatic carbocycles. The molecule has 32 heavy (non-hydrogen) atoms. The van der Waals surface area contributed by atoms with Crippen LogP contribution in [0.1, 0.15) is 22.3 Å². The SMILES string of the molecule is Cc1ccc(P2(F)=C(c3ccccc3)C=C(c3ccccc3)C=C2c2ccccc2)cc1. The van der Waals surface area contributed by atoms with Crippen molar-refractivity contribution in [2.75, 3.05) is 0 Å². The van der Waals surface area contributed by atoms with Crippen molar-refractivity contribution in [2.45, 2.75) is 6.92 Å². The molecule has 2 heteroatoms. The van der Waals surface area contributed by atoms with Crippen molar-refractivity contribution in [3.8, 4) is 0 Å². The number of hydrogen-bond donors (Lipinski definition) is 0. The van der Waals surface area contributed by atoms with Gasteiger partial charge in [0.15, 0.2) is 0 Å². The third-order valence-electron chi connectivity index (χ3n) is 5.88. The molecule has 5 rings (SSSR count). The van der Waals surface area contributed by atoms with E-state index in [1.165, 1.54) is 0 Å². The third kappa shape index (κ3) is 3.70. The van der Waals surface area contributed by atoms with Crippen LogP contribution in [0.15, 0.2) is 127 Å². The van der Waals surface area contributed by atoms with Crippen molar-refractivity contribution < 1.29 is 4.20 Å². The quantitative estimate of drug-likeness (QED) is 0.287. The number of rotatable bonds is 4. The number of halogens is 1. The van der Waals surface area contributed by atoms with Crippen molar-refractivity contribution in [3.63, 3.8) is 0 Å². The average molecular weight is 434 g/mol. The first kappa shape index (κ1) is 20.5. The lowest BCUT2D eigenvalue weighted by atomic mass is 10.0. The van der Waals surface area contributed by atoms with E-state index in [9.17, 15) is 0 Å². The molecule has 0 N–H and O–H groups in total. The maximum Gasteiger partial charge on any atom is 0.119 e. The molecule has 1 heterocycles. The van der Waals surface area contributed by atoms with Crippen molar-refractivity contribution >= 4 is 28.7 Å². The van der Waals surface area contributed by atoms with Gasteiger partial charge in [-0.15, -0.1) is 0 Å². The highest BCUT2D eigenvalue weighted by Gasteiger charge is 2.33. The first-order valence-electron chi connectivity index (χ1n) is 10.8. The number of allylic oxidation sites excluding steroid dienone is 3. The monoisotopic (exact) mass is 434 g/mol. The third-order valence-corrected chi connectivity index (χ3v) is 9.00. The standard InChI is InChI=1S/C30H24FP/c1-23-17-19-28(20-18-23)32(31)29(25-13-7-3-8-14-25)21-27(24-11-5-2-6-12-24)22-30(32)26-15-9-4-10-16-26/h2-22H,1H3. The summed E-state index contributed by atoms with van der Waals surface area (Å²) in [5, 5.41) is 2.28. The van der Waals surface area contributed by atoms with E-state index >= 15 is 4.20 Å². The summed E-state index contributed by atoms with van der Waals surface area (Å²) < 4.78 is 17.8. The van der Waals surface area contributed by atoms with E-state index in [2.05, 4.69) is 24.3 Å². The summed E-state index contributed by atoms with van der Waals surface area (Å²) >= 11 is 0. The summed E-state index contributed by atoms with van der Waals surface area (Å²) in [6.07, 6.45) is 4.12. The van der Waals surface area contributed by atoms with Crippen LogP contribution in [-0.2, 0) is 0 Å². The van der Waals surface area contributed by atoms with Crippen LogP contribution in [0.2, 0.25) is 0 Å². The Balaban J connectivity index is 1.89. The highest BCUT2D eigenvalue weighted by atomic mass is 31.2. The molecule has 0 aromatic heterocycles. The van der Waals surface area contributed by atoms with Crippen LogP contribution < -0.4 is 5.30 Å². The molecule has 1 atom stereocenters. The van der Waals surface area contributed by atoms with Crippen LogP contribution in [0.4, 0.5) is 4.20 Å². The normalized spacial score (nSPS) is 18.1. The van der Waals surface area contributed by atoms with Gasteiger partial charge in [0.25, 0.3) is 0 Å². The molecule has 1 aliphatic heterocycles. The van der Waals surface area contributed by atoms with Crippen LogP contribution in [0.3, 0.4) is 0 Å². The fourth-order valence-corrected chi connectivity index (χ4v) is 7.23. The first-order valence-corrected chi connectivity index (χ1v) is 12.5. The van der Waals surface area contributed by atoms with Gasteiger partial charge in [0.2, 0.25) is 0 Å². The van der Waals surface area contributed by atoms with E-state index in [0.717, 1.165) is 43.7 Å². The lowest BCUT2D eigenvalue weighted by Crippen LogP contribution is -2.14. The lowest BCUT2D eigenvalue weighted by molar-refractivity contribution is 0.911. The zero-order chi connectivity index (χ0) is 22.0. The minimum absolute atomic E-state index is 0.750. The Bertz CT molecular complexity index is 1340. The summed E-state index contributed by atoms with van der Waals surface area (Å²) in [5.74, 6) is 0. The van der Waals surface area contributed by atoms with Crippen LogP contribution in [-0.4, -0.2) is 5.29 Å². The van der Waals surface area contributed by atoms with E-state index in [0.29, 0.717) is 0 Å². The Morgan fingerprint density at radius 1 is 0.531 bits per heavy atom.